The van der Waals surface area contributed by atoms with E-state index in [1.165, 1.54) is 6.42 Å². The molecule has 2 fully saturated rings. The summed E-state index contributed by atoms with van der Waals surface area (Å²) in [5, 5.41) is 2.98. The molecule has 2 aliphatic heterocycles. The first-order valence-electron chi connectivity index (χ1n) is 8.32. The fourth-order valence-electron chi connectivity index (χ4n) is 3.72. The molecule has 5 nitrogen and oxygen atoms in total. The normalized spacial score (nSPS) is 32.8. The third kappa shape index (κ3) is 4.44. The molecule has 3 unspecified atom stereocenters. The largest absolute Gasteiger partial charge is 0.354 e. The Morgan fingerprint density at radius 1 is 1.23 bits per heavy atom. The van der Waals surface area contributed by atoms with Gasteiger partial charge in [0.05, 0.1) is 17.4 Å². The van der Waals surface area contributed by atoms with Crippen molar-refractivity contribution in [3.05, 3.63) is 0 Å². The van der Waals surface area contributed by atoms with Crippen molar-refractivity contribution in [2.24, 2.45) is 17.8 Å². The van der Waals surface area contributed by atoms with E-state index in [4.69, 9.17) is 0 Å². The van der Waals surface area contributed by atoms with Gasteiger partial charge in [0.2, 0.25) is 5.91 Å². The lowest BCUT2D eigenvalue weighted by Crippen LogP contribution is -2.56. The van der Waals surface area contributed by atoms with Crippen molar-refractivity contribution in [1.29, 1.82) is 0 Å². The van der Waals surface area contributed by atoms with Crippen LogP contribution in [0.15, 0.2) is 0 Å². The van der Waals surface area contributed by atoms with E-state index >= 15 is 0 Å². The van der Waals surface area contributed by atoms with E-state index in [-0.39, 0.29) is 28.9 Å². The molecule has 2 saturated heterocycles. The number of hydrogen-bond acceptors (Lipinski definition) is 4. The van der Waals surface area contributed by atoms with E-state index < -0.39 is 9.84 Å². The standard InChI is InChI=1S/C16H30N2O3S/c1-12-7-13(2)9-18(8-12)16(3,4)11-17-15(19)14-5-6-22(20,21)10-14/h12-14H,5-11H2,1-4H3,(H,17,19). The van der Waals surface area contributed by atoms with Crippen molar-refractivity contribution in [1.82, 2.24) is 10.2 Å². The van der Waals surface area contributed by atoms with E-state index in [9.17, 15) is 13.2 Å². The Morgan fingerprint density at radius 3 is 2.32 bits per heavy atom. The maximum Gasteiger partial charge on any atom is 0.224 e. The molecule has 1 N–H and O–H groups in total. The van der Waals surface area contributed by atoms with Gasteiger partial charge in [0.25, 0.3) is 0 Å². The highest BCUT2D eigenvalue weighted by molar-refractivity contribution is 7.91. The minimum atomic E-state index is -3.00. The van der Waals surface area contributed by atoms with Gasteiger partial charge in [-0.25, -0.2) is 8.42 Å². The van der Waals surface area contributed by atoms with Gasteiger partial charge in [-0.3, -0.25) is 9.69 Å². The van der Waals surface area contributed by atoms with Crippen LogP contribution in [0.2, 0.25) is 0 Å². The monoisotopic (exact) mass is 330 g/mol. The third-order valence-corrected chi connectivity index (χ3v) is 6.79. The highest BCUT2D eigenvalue weighted by atomic mass is 32.2. The summed E-state index contributed by atoms with van der Waals surface area (Å²) in [6.07, 6.45) is 1.73. The molecule has 0 spiro atoms. The topological polar surface area (TPSA) is 66.5 Å². The summed E-state index contributed by atoms with van der Waals surface area (Å²) in [4.78, 5) is 14.7. The minimum absolute atomic E-state index is 0.0110. The summed E-state index contributed by atoms with van der Waals surface area (Å²) in [6, 6.07) is 0. The average Bonchev–Trinajstić information content (AvgIpc) is 2.75. The Labute approximate surface area is 134 Å². The first kappa shape index (κ1) is 17.7. The number of nitrogens with one attached hydrogen (secondary N) is 1. The van der Waals surface area contributed by atoms with Crippen LogP contribution in [0, 0.1) is 17.8 Å². The van der Waals surface area contributed by atoms with Crippen molar-refractivity contribution in [3.63, 3.8) is 0 Å². The van der Waals surface area contributed by atoms with Crippen molar-refractivity contribution in [2.45, 2.75) is 46.1 Å². The van der Waals surface area contributed by atoms with E-state index in [2.05, 4.69) is 37.9 Å². The zero-order chi connectivity index (χ0) is 16.5. The SMILES string of the molecule is CC1CC(C)CN(C(C)(C)CNC(=O)C2CCS(=O)(=O)C2)C1. The smallest absolute Gasteiger partial charge is 0.224 e. The first-order chi connectivity index (χ1) is 10.1. The maximum atomic E-state index is 12.2. The molecule has 0 saturated carbocycles. The van der Waals surface area contributed by atoms with Crippen LogP contribution < -0.4 is 5.32 Å². The zero-order valence-electron chi connectivity index (χ0n) is 14.3. The molecule has 0 aromatic rings. The van der Waals surface area contributed by atoms with Gasteiger partial charge in [0.15, 0.2) is 9.84 Å². The van der Waals surface area contributed by atoms with Gasteiger partial charge in [-0.15, -0.1) is 0 Å². The molecular weight excluding hydrogens is 300 g/mol. The molecule has 22 heavy (non-hydrogen) atoms. The van der Waals surface area contributed by atoms with E-state index in [1.807, 2.05) is 0 Å². The van der Waals surface area contributed by atoms with Crippen LogP contribution in [0.1, 0.15) is 40.5 Å². The van der Waals surface area contributed by atoms with Crippen LogP contribution in [-0.4, -0.2) is 55.9 Å². The second-order valence-corrected chi connectivity index (χ2v) is 10.2. The minimum Gasteiger partial charge on any atom is -0.354 e. The van der Waals surface area contributed by atoms with Crippen LogP contribution in [-0.2, 0) is 14.6 Å². The Morgan fingerprint density at radius 2 is 1.82 bits per heavy atom. The van der Waals surface area contributed by atoms with Gasteiger partial charge in [-0.05, 0) is 38.5 Å². The van der Waals surface area contributed by atoms with Gasteiger partial charge in [0.1, 0.15) is 0 Å². The number of sulfone groups is 1. The molecule has 2 aliphatic rings. The lowest BCUT2D eigenvalue weighted by Gasteiger charge is -2.45. The number of carbonyl (C=O) groups is 1. The van der Waals surface area contributed by atoms with E-state index in [0.717, 1.165) is 13.1 Å². The first-order valence-corrected chi connectivity index (χ1v) is 10.1. The summed E-state index contributed by atoms with van der Waals surface area (Å²) in [5.74, 6) is 1.05. The molecule has 3 atom stereocenters. The number of likely N-dealkylation sites (tertiary alicyclic amines) is 1. The molecule has 0 radical (unpaired) electrons. The fourth-order valence-corrected chi connectivity index (χ4v) is 5.46. The lowest BCUT2D eigenvalue weighted by molar-refractivity contribution is -0.125. The molecular formula is C16H30N2O3S. The second kappa shape index (κ2) is 6.48. The predicted octanol–water partition coefficient (Wildman–Crippen LogP) is 1.29. The van der Waals surface area contributed by atoms with Gasteiger partial charge in [-0.1, -0.05) is 13.8 Å². The molecule has 0 aromatic heterocycles. The predicted molar refractivity (Wildman–Crippen MR) is 88.4 cm³/mol. The van der Waals surface area contributed by atoms with Crippen molar-refractivity contribution < 1.29 is 13.2 Å². The summed E-state index contributed by atoms with van der Waals surface area (Å²) < 4.78 is 23.0. The second-order valence-electron chi connectivity index (χ2n) is 7.98. The number of nitrogens with zero attached hydrogens (tertiary/aromatic N) is 1. The summed E-state index contributed by atoms with van der Waals surface area (Å²) in [5.41, 5.74) is -0.101. The molecule has 2 heterocycles. The molecule has 128 valence electrons. The zero-order valence-corrected chi connectivity index (χ0v) is 15.1. The third-order valence-electron chi connectivity index (χ3n) is 5.02. The van der Waals surface area contributed by atoms with Crippen molar-refractivity contribution in [2.75, 3.05) is 31.1 Å². The Balaban J connectivity index is 1.88. The Bertz CT molecular complexity index is 505. The molecule has 6 heteroatoms. The van der Waals surface area contributed by atoms with Crippen molar-refractivity contribution in [3.8, 4) is 0 Å². The van der Waals surface area contributed by atoms with Crippen LogP contribution in [0.25, 0.3) is 0 Å². The highest BCUT2D eigenvalue weighted by Gasteiger charge is 2.36. The van der Waals surface area contributed by atoms with Gasteiger partial charge in [0, 0.05) is 25.2 Å². The fraction of sp³-hybridized carbons (Fsp3) is 0.938. The van der Waals surface area contributed by atoms with Crippen molar-refractivity contribution >= 4 is 15.7 Å². The summed E-state index contributed by atoms with van der Waals surface area (Å²) >= 11 is 0. The molecule has 2 rings (SSSR count). The average molecular weight is 330 g/mol. The number of rotatable bonds is 4. The van der Waals surface area contributed by atoms with Gasteiger partial charge < -0.3 is 5.32 Å². The Hall–Kier alpha value is -0.620. The van der Waals surface area contributed by atoms with Crippen LogP contribution in [0.4, 0.5) is 0 Å². The number of amides is 1. The van der Waals surface area contributed by atoms with Gasteiger partial charge in [-0.2, -0.15) is 0 Å². The number of hydrogen-bond donors (Lipinski definition) is 1. The summed E-state index contributed by atoms with van der Waals surface area (Å²) in [6.45, 7) is 11.6. The van der Waals surface area contributed by atoms with Crippen LogP contribution in [0.3, 0.4) is 0 Å². The summed E-state index contributed by atoms with van der Waals surface area (Å²) in [7, 11) is -3.00. The molecule has 0 bridgehead atoms. The molecule has 0 aliphatic carbocycles. The number of piperidine rings is 1. The van der Waals surface area contributed by atoms with Crippen LogP contribution >= 0.6 is 0 Å². The van der Waals surface area contributed by atoms with E-state index in [1.54, 1.807) is 0 Å². The Kier molecular flexibility index (Phi) is 5.22. The van der Waals surface area contributed by atoms with Crippen LogP contribution in [0.5, 0.6) is 0 Å². The molecule has 0 aromatic carbocycles. The lowest BCUT2D eigenvalue weighted by atomic mass is 9.88. The number of carbonyl (C=O) groups excluding carboxylic acids is 1. The van der Waals surface area contributed by atoms with Gasteiger partial charge >= 0.3 is 0 Å². The quantitative estimate of drug-likeness (QED) is 0.843. The molecule has 1 amide bonds. The highest BCUT2D eigenvalue weighted by Crippen LogP contribution is 2.27. The van der Waals surface area contributed by atoms with E-state index in [0.29, 0.717) is 24.8 Å². The maximum absolute atomic E-state index is 12.2.